The maximum absolute atomic E-state index is 12.2. The minimum Gasteiger partial charge on any atom is -0.440 e. The number of pyridine rings is 1. The summed E-state index contributed by atoms with van der Waals surface area (Å²) in [4.78, 5) is 20.7. The molecular weight excluding hydrogens is 452 g/mol. The number of oxazole rings is 1. The molecule has 0 aliphatic rings. The number of amides is 1. The number of benzene rings is 2. The molecule has 4 aromatic rings. The van der Waals surface area contributed by atoms with Crippen molar-refractivity contribution in [2.24, 2.45) is 0 Å². The predicted octanol–water partition coefficient (Wildman–Crippen LogP) is 4.70. The van der Waals surface area contributed by atoms with E-state index >= 15 is 0 Å². The van der Waals surface area contributed by atoms with Gasteiger partial charge in [-0.15, -0.1) is 0 Å². The summed E-state index contributed by atoms with van der Waals surface area (Å²) in [5.41, 5.74) is 3.86. The van der Waals surface area contributed by atoms with Gasteiger partial charge in [0.15, 0.2) is 16.6 Å². The molecule has 0 unspecified atom stereocenters. The largest absolute Gasteiger partial charge is 0.440 e. The Balaban J connectivity index is 1.36. The molecule has 0 bridgehead atoms. The molecule has 0 aliphatic heterocycles. The van der Waals surface area contributed by atoms with E-state index in [9.17, 15) is 4.79 Å². The van der Waals surface area contributed by atoms with E-state index in [0.717, 1.165) is 26.8 Å². The fourth-order valence-electron chi connectivity index (χ4n) is 2.75. The average Bonchev–Trinajstić information content (AvgIpc) is 3.11. The van der Waals surface area contributed by atoms with Gasteiger partial charge in [0, 0.05) is 29.0 Å². The zero-order valence-electron chi connectivity index (χ0n) is 15.1. The van der Waals surface area contributed by atoms with Gasteiger partial charge in [-0.3, -0.25) is 15.1 Å². The van der Waals surface area contributed by atoms with Gasteiger partial charge in [0.1, 0.15) is 5.52 Å². The maximum atomic E-state index is 12.2. The van der Waals surface area contributed by atoms with Crippen LogP contribution in [0, 0.1) is 0 Å². The van der Waals surface area contributed by atoms with Gasteiger partial charge >= 0.3 is 0 Å². The monoisotopic (exact) mass is 466 g/mol. The van der Waals surface area contributed by atoms with Crippen LogP contribution in [0.15, 0.2) is 75.9 Å². The highest BCUT2D eigenvalue weighted by molar-refractivity contribution is 9.10. The molecule has 2 N–H and O–H groups in total. The van der Waals surface area contributed by atoms with Crippen LogP contribution in [0.25, 0.3) is 11.1 Å². The van der Waals surface area contributed by atoms with Crippen molar-refractivity contribution < 1.29 is 9.21 Å². The van der Waals surface area contributed by atoms with Crippen LogP contribution in [-0.4, -0.2) is 21.0 Å². The lowest BCUT2D eigenvalue weighted by molar-refractivity contribution is 0.0977. The van der Waals surface area contributed by atoms with Gasteiger partial charge in [-0.1, -0.05) is 24.3 Å². The minimum absolute atomic E-state index is 0.210. The maximum Gasteiger partial charge on any atom is 0.259 e. The Bertz CT molecular complexity index is 1160. The fourth-order valence-corrected chi connectivity index (χ4v) is 3.33. The number of halogens is 1. The number of nitrogens with zero attached hydrogens (tertiary/aromatic N) is 2. The summed E-state index contributed by atoms with van der Waals surface area (Å²) in [7, 11) is 0. The molecule has 2 aromatic heterocycles. The normalized spacial score (nSPS) is 10.7. The SMILES string of the molecule is O=C(NC(=S)Nc1ccc(Cc2nc3ccccc3o2)cc1)c1cncc(Br)c1. The van der Waals surface area contributed by atoms with E-state index in [1.807, 2.05) is 48.5 Å². The highest BCUT2D eigenvalue weighted by Crippen LogP contribution is 2.18. The Morgan fingerprint density at radius 2 is 1.90 bits per heavy atom. The number of anilines is 1. The first-order chi connectivity index (χ1) is 14.1. The minimum atomic E-state index is -0.330. The quantitative estimate of drug-likeness (QED) is 0.424. The van der Waals surface area contributed by atoms with Crippen molar-refractivity contribution in [2.45, 2.75) is 6.42 Å². The zero-order valence-corrected chi connectivity index (χ0v) is 17.5. The smallest absolute Gasteiger partial charge is 0.259 e. The van der Waals surface area contributed by atoms with Gasteiger partial charge < -0.3 is 9.73 Å². The van der Waals surface area contributed by atoms with E-state index in [1.54, 1.807) is 12.3 Å². The van der Waals surface area contributed by atoms with Crippen LogP contribution < -0.4 is 10.6 Å². The van der Waals surface area contributed by atoms with Crippen molar-refractivity contribution in [3.8, 4) is 0 Å². The molecule has 0 radical (unpaired) electrons. The first kappa shape index (κ1) is 19.2. The van der Waals surface area contributed by atoms with Crippen molar-refractivity contribution in [1.29, 1.82) is 0 Å². The molecule has 0 atom stereocenters. The lowest BCUT2D eigenvalue weighted by Gasteiger charge is -2.10. The third-order valence-electron chi connectivity index (χ3n) is 4.10. The van der Waals surface area contributed by atoms with Gasteiger partial charge in [0.2, 0.25) is 0 Å². The van der Waals surface area contributed by atoms with Crippen LogP contribution in [0.2, 0.25) is 0 Å². The third-order valence-corrected chi connectivity index (χ3v) is 4.74. The predicted molar refractivity (Wildman–Crippen MR) is 119 cm³/mol. The Kier molecular flexibility index (Phi) is 5.64. The summed E-state index contributed by atoms with van der Waals surface area (Å²) < 4.78 is 6.48. The molecule has 29 heavy (non-hydrogen) atoms. The number of nitrogens with one attached hydrogen (secondary N) is 2. The number of hydrogen-bond donors (Lipinski definition) is 2. The van der Waals surface area contributed by atoms with Crippen molar-refractivity contribution >= 4 is 56.0 Å². The Hall–Kier alpha value is -3.10. The topological polar surface area (TPSA) is 80.0 Å². The highest BCUT2D eigenvalue weighted by atomic mass is 79.9. The summed E-state index contributed by atoms with van der Waals surface area (Å²) in [5, 5.41) is 5.84. The lowest BCUT2D eigenvalue weighted by Crippen LogP contribution is -2.34. The van der Waals surface area contributed by atoms with Crippen LogP contribution in [0.4, 0.5) is 5.69 Å². The summed E-state index contributed by atoms with van der Waals surface area (Å²) in [6, 6.07) is 17.0. The van der Waals surface area contributed by atoms with E-state index in [0.29, 0.717) is 17.9 Å². The van der Waals surface area contributed by atoms with Crippen LogP contribution in [-0.2, 0) is 6.42 Å². The molecule has 0 fully saturated rings. The Labute approximate surface area is 180 Å². The highest BCUT2D eigenvalue weighted by Gasteiger charge is 2.10. The number of aromatic nitrogens is 2. The van der Waals surface area contributed by atoms with E-state index in [1.165, 1.54) is 6.20 Å². The molecular formula is C21H15BrN4O2S. The first-order valence-electron chi connectivity index (χ1n) is 8.73. The Morgan fingerprint density at radius 1 is 1.10 bits per heavy atom. The van der Waals surface area contributed by atoms with E-state index in [-0.39, 0.29) is 11.0 Å². The molecule has 2 aromatic carbocycles. The Morgan fingerprint density at radius 3 is 2.66 bits per heavy atom. The second-order valence-corrected chi connectivity index (χ2v) is 7.57. The first-order valence-corrected chi connectivity index (χ1v) is 9.93. The molecule has 0 saturated heterocycles. The molecule has 4 rings (SSSR count). The van der Waals surface area contributed by atoms with Crippen molar-refractivity contribution in [2.75, 3.05) is 5.32 Å². The molecule has 0 aliphatic carbocycles. The molecule has 144 valence electrons. The number of carbonyl (C=O) groups is 1. The van der Waals surface area contributed by atoms with Gasteiger partial charge in [-0.2, -0.15) is 0 Å². The van der Waals surface area contributed by atoms with Crippen molar-refractivity contribution in [3.63, 3.8) is 0 Å². The number of para-hydroxylation sites is 2. The van der Waals surface area contributed by atoms with Gasteiger partial charge in [-0.05, 0) is 64.0 Å². The van der Waals surface area contributed by atoms with Crippen LogP contribution in [0.3, 0.4) is 0 Å². The van der Waals surface area contributed by atoms with Gasteiger partial charge in [0.05, 0.1) is 5.56 Å². The van der Waals surface area contributed by atoms with Crippen LogP contribution >= 0.6 is 28.1 Å². The molecule has 8 heteroatoms. The van der Waals surface area contributed by atoms with E-state index in [2.05, 4.69) is 36.5 Å². The molecule has 0 saturated carbocycles. The van der Waals surface area contributed by atoms with E-state index in [4.69, 9.17) is 16.6 Å². The number of thiocarbonyl (C=S) groups is 1. The zero-order chi connectivity index (χ0) is 20.2. The lowest BCUT2D eigenvalue weighted by atomic mass is 10.1. The molecule has 1 amide bonds. The average molecular weight is 467 g/mol. The third kappa shape index (κ3) is 4.85. The fraction of sp³-hybridized carbons (Fsp3) is 0.0476. The number of carbonyl (C=O) groups excluding carboxylic acids is 1. The summed E-state index contributed by atoms with van der Waals surface area (Å²) in [6.45, 7) is 0. The standard InChI is InChI=1S/C21H15BrN4O2S/c22-15-10-14(11-23-12-15)20(27)26-21(29)24-16-7-5-13(6-8-16)9-19-25-17-3-1-2-4-18(17)28-19/h1-8,10-12H,9H2,(H2,24,26,27,29). The number of fused-ring (bicyclic) bond motifs is 1. The number of rotatable bonds is 4. The summed E-state index contributed by atoms with van der Waals surface area (Å²) >= 11 is 8.51. The second kappa shape index (κ2) is 8.50. The van der Waals surface area contributed by atoms with Crippen molar-refractivity contribution in [1.82, 2.24) is 15.3 Å². The second-order valence-electron chi connectivity index (χ2n) is 6.25. The van der Waals surface area contributed by atoms with Crippen LogP contribution in [0.1, 0.15) is 21.8 Å². The number of hydrogen-bond acceptors (Lipinski definition) is 5. The molecule has 0 spiro atoms. The molecule has 6 nitrogen and oxygen atoms in total. The molecule has 2 heterocycles. The van der Waals surface area contributed by atoms with Crippen molar-refractivity contribution in [3.05, 3.63) is 88.5 Å². The van der Waals surface area contributed by atoms with Crippen LogP contribution in [0.5, 0.6) is 0 Å². The summed E-state index contributed by atoms with van der Waals surface area (Å²) in [5.74, 6) is 0.334. The van der Waals surface area contributed by atoms with Gasteiger partial charge in [-0.25, -0.2) is 4.98 Å². The van der Waals surface area contributed by atoms with E-state index < -0.39 is 0 Å². The summed E-state index contributed by atoms with van der Waals surface area (Å²) in [6.07, 6.45) is 3.67. The van der Waals surface area contributed by atoms with Gasteiger partial charge in [0.25, 0.3) is 5.91 Å².